The Morgan fingerprint density at radius 3 is 2.29 bits per heavy atom. The number of rotatable bonds is 2. The number of aromatic nitrogens is 3. The van der Waals surface area contributed by atoms with Crippen LogP contribution in [0.4, 0.5) is 13.2 Å². The molecule has 2 rings (SSSR count). The van der Waals surface area contributed by atoms with E-state index in [1.165, 1.54) is 17.9 Å². The Morgan fingerprint density at radius 2 is 1.82 bits per heavy atom. The van der Waals surface area contributed by atoms with E-state index in [-0.39, 0.29) is 11.3 Å². The lowest BCUT2D eigenvalue weighted by Gasteiger charge is -2.11. The molecule has 7 heteroatoms. The maximum Gasteiger partial charge on any atom is 0.194 e. The molecule has 1 unspecified atom stereocenters. The van der Waals surface area contributed by atoms with Crippen LogP contribution in [0.25, 0.3) is 0 Å². The van der Waals surface area contributed by atoms with Gasteiger partial charge < -0.3 is 5.11 Å². The van der Waals surface area contributed by atoms with Crippen molar-refractivity contribution in [2.24, 2.45) is 7.05 Å². The van der Waals surface area contributed by atoms with Gasteiger partial charge in [-0.25, -0.2) is 17.9 Å². The zero-order valence-electron chi connectivity index (χ0n) is 8.73. The van der Waals surface area contributed by atoms with Crippen molar-refractivity contribution >= 4 is 0 Å². The van der Waals surface area contributed by atoms with Crippen molar-refractivity contribution in [1.29, 1.82) is 0 Å². The molecule has 1 heterocycles. The van der Waals surface area contributed by atoms with Crippen LogP contribution in [-0.2, 0) is 7.05 Å². The second kappa shape index (κ2) is 4.17. The van der Waals surface area contributed by atoms with Gasteiger partial charge >= 0.3 is 0 Å². The van der Waals surface area contributed by atoms with Gasteiger partial charge in [0.25, 0.3) is 0 Å². The van der Waals surface area contributed by atoms with E-state index >= 15 is 0 Å². The monoisotopic (exact) mass is 243 g/mol. The average molecular weight is 243 g/mol. The van der Waals surface area contributed by atoms with Crippen LogP contribution in [0.2, 0.25) is 0 Å². The van der Waals surface area contributed by atoms with Gasteiger partial charge in [0.1, 0.15) is 6.10 Å². The molecular weight excluding hydrogens is 235 g/mol. The molecule has 1 N–H and O–H groups in total. The highest BCUT2D eigenvalue weighted by Crippen LogP contribution is 2.23. The van der Waals surface area contributed by atoms with Gasteiger partial charge in [-0.15, -0.1) is 5.10 Å². The first kappa shape index (κ1) is 11.6. The fraction of sp³-hybridized carbons (Fsp3) is 0.200. The summed E-state index contributed by atoms with van der Waals surface area (Å²) in [5.41, 5.74) is 0.141. The Labute approximate surface area is 94.3 Å². The van der Waals surface area contributed by atoms with Gasteiger partial charge in [0.05, 0.1) is 11.9 Å². The van der Waals surface area contributed by atoms with Crippen molar-refractivity contribution in [3.05, 3.63) is 47.0 Å². The molecular formula is C10H8F3N3O. The number of aliphatic hydroxyl groups is 1. The van der Waals surface area contributed by atoms with Crippen LogP contribution >= 0.6 is 0 Å². The molecule has 0 aliphatic rings. The fourth-order valence-electron chi connectivity index (χ4n) is 1.45. The molecule has 0 aliphatic carbocycles. The van der Waals surface area contributed by atoms with Crippen molar-refractivity contribution in [1.82, 2.24) is 15.0 Å². The second-order valence-corrected chi connectivity index (χ2v) is 3.48. The molecule has 0 saturated heterocycles. The van der Waals surface area contributed by atoms with Crippen molar-refractivity contribution in [2.75, 3.05) is 0 Å². The first-order valence-electron chi connectivity index (χ1n) is 4.67. The predicted octanol–water partition coefficient (Wildman–Crippen LogP) is 1.31. The second-order valence-electron chi connectivity index (χ2n) is 3.48. The third kappa shape index (κ3) is 2.01. The van der Waals surface area contributed by atoms with Gasteiger partial charge in [-0.05, 0) is 17.7 Å². The molecule has 17 heavy (non-hydrogen) atoms. The van der Waals surface area contributed by atoms with Crippen LogP contribution in [0.3, 0.4) is 0 Å². The summed E-state index contributed by atoms with van der Waals surface area (Å²) in [6, 6.07) is 1.46. The van der Waals surface area contributed by atoms with E-state index in [2.05, 4.69) is 10.3 Å². The molecule has 0 bridgehead atoms. The molecule has 1 aromatic heterocycles. The number of hydrogen-bond donors (Lipinski definition) is 1. The smallest absolute Gasteiger partial charge is 0.194 e. The van der Waals surface area contributed by atoms with E-state index in [0.29, 0.717) is 0 Å². The molecule has 0 aliphatic heterocycles. The molecule has 0 saturated carbocycles. The highest BCUT2D eigenvalue weighted by Gasteiger charge is 2.19. The third-order valence-electron chi connectivity index (χ3n) is 2.35. The normalized spacial score (nSPS) is 12.8. The maximum atomic E-state index is 13.0. The Bertz CT molecular complexity index is 532. The van der Waals surface area contributed by atoms with E-state index in [9.17, 15) is 18.3 Å². The first-order chi connectivity index (χ1) is 8.00. The van der Waals surface area contributed by atoms with Crippen LogP contribution in [0, 0.1) is 17.5 Å². The van der Waals surface area contributed by atoms with Gasteiger partial charge in [-0.3, -0.25) is 0 Å². The highest BCUT2D eigenvalue weighted by atomic mass is 19.2. The van der Waals surface area contributed by atoms with E-state index in [1.807, 2.05) is 0 Å². The van der Waals surface area contributed by atoms with Crippen LogP contribution in [0.1, 0.15) is 17.4 Å². The Balaban J connectivity index is 2.45. The molecule has 0 fully saturated rings. The number of aliphatic hydroxyl groups excluding tert-OH is 1. The topological polar surface area (TPSA) is 50.9 Å². The summed E-state index contributed by atoms with van der Waals surface area (Å²) in [6.07, 6.45) is -0.0660. The van der Waals surface area contributed by atoms with Crippen molar-refractivity contribution in [3.8, 4) is 0 Å². The van der Waals surface area contributed by atoms with Gasteiger partial charge in [0, 0.05) is 7.05 Å². The molecule has 0 radical (unpaired) electrons. The largest absolute Gasteiger partial charge is 0.382 e. The summed E-state index contributed by atoms with van der Waals surface area (Å²) in [4.78, 5) is 0. The molecule has 4 nitrogen and oxygen atoms in total. The summed E-state index contributed by atoms with van der Waals surface area (Å²) in [7, 11) is 1.52. The van der Waals surface area contributed by atoms with E-state index in [1.54, 1.807) is 0 Å². The summed E-state index contributed by atoms with van der Waals surface area (Å²) in [6.45, 7) is 0. The molecule has 1 aromatic carbocycles. The quantitative estimate of drug-likeness (QED) is 0.809. The number of halogens is 3. The minimum atomic E-state index is -1.57. The lowest BCUT2D eigenvalue weighted by molar-refractivity contribution is 0.208. The van der Waals surface area contributed by atoms with Gasteiger partial charge in [-0.1, -0.05) is 5.21 Å². The standard InChI is InChI=1S/C10H8F3N3O/c1-16-8(4-14-15-16)10(17)5-2-6(11)9(13)7(12)3-5/h2-4,10,17H,1H3. The van der Waals surface area contributed by atoms with Crippen LogP contribution in [-0.4, -0.2) is 20.1 Å². The molecule has 0 amide bonds. The van der Waals surface area contributed by atoms with Crippen molar-refractivity contribution in [2.45, 2.75) is 6.10 Å². The summed E-state index contributed by atoms with van der Waals surface area (Å²) in [5.74, 6) is -4.27. The lowest BCUT2D eigenvalue weighted by Crippen LogP contribution is -2.08. The molecule has 0 spiro atoms. The minimum Gasteiger partial charge on any atom is -0.382 e. The number of nitrogens with zero attached hydrogens (tertiary/aromatic N) is 3. The fourth-order valence-corrected chi connectivity index (χ4v) is 1.45. The molecule has 2 aromatic rings. The van der Waals surface area contributed by atoms with E-state index < -0.39 is 23.6 Å². The van der Waals surface area contributed by atoms with Crippen molar-refractivity contribution in [3.63, 3.8) is 0 Å². The number of benzene rings is 1. The molecule has 1 atom stereocenters. The van der Waals surface area contributed by atoms with Gasteiger partial charge in [0.2, 0.25) is 0 Å². The number of aryl methyl sites for hydroxylation is 1. The SMILES string of the molecule is Cn1nncc1C(O)c1cc(F)c(F)c(F)c1. The van der Waals surface area contributed by atoms with Gasteiger partial charge in [0.15, 0.2) is 17.5 Å². The lowest BCUT2D eigenvalue weighted by atomic mass is 10.1. The predicted molar refractivity (Wildman–Crippen MR) is 51.4 cm³/mol. The van der Waals surface area contributed by atoms with E-state index in [4.69, 9.17) is 0 Å². The zero-order valence-corrected chi connectivity index (χ0v) is 8.73. The van der Waals surface area contributed by atoms with E-state index in [0.717, 1.165) is 12.1 Å². The highest BCUT2D eigenvalue weighted by molar-refractivity contribution is 5.26. The van der Waals surface area contributed by atoms with Crippen molar-refractivity contribution < 1.29 is 18.3 Å². The maximum absolute atomic E-state index is 13.0. The zero-order chi connectivity index (χ0) is 12.6. The minimum absolute atomic E-state index is 0.105. The third-order valence-corrected chi connectivity index (χ3v) is 2.35. The number of hydrogen-bond acceptors (Lipinski definition) is 3. The first-order valence-corrected chi connectivity index (χ1v) is 4.67. The molecule has 90 valence electrons. The average Bonchev–Trinajstić information content (AvgIpc) is 2.70. The summed E-state index contributed by atoms with van der Waals surface area (Å²) < 4.78 is 39.9. The van der Waals surface area contributed by atoms with Crippen LogP contribution < -0.4 is 0 Å². The Morgan fingerprint density at radius 1 is 1.24 bits per heavy atom. The van der Waals surface area contributed by atoms with Crippen LogP contribution in [0.5, 0.6) is 0 Å². The Hall–Kier alpha value is -1.89. The summed E-state index contributed by atoms with van der Waals surface area (Å²) in [5, 5.41) is 16.9. The van der Waals surface area contributed by atoms with Crippen LogP contribution in [0.15, 0.2) is 18.3 Å². The summed E-state index contributed by atoms with van der Waals surface area (Å²) >= 11 is 0. The Kier molecular flexibility index (Phi) is 2.84. The van der Waals surface area contributed by atoms with Gasteiger partial charge in [-0.2, -0.15) is 0 Å².